The van der Waals surface area contributed by atoms with Crippen molar-refractivity contribution in [3.05, 3.63) is 30.3 Å². The van der Waals surface area contributed by atoms with E-state index in [0.29, 0.717) is 13.0 Å². The summed E-state index contributed by atoms with van der Waals surface area (Å²) in [6, 6.07) is 9.87. The van der Waals surface area contributed by atoms with Crippen molar-refractivity contribution in [2.24, 2.45) is 5.92 Å². The van der Waals surface area contributed by atoms with E-state index in [1.807, 2.05) is 30.3 Å². The molecule has 1 N–H and O–H groups in total. The van der Waals surface area contributed by atoms with Crippen molar-refractivity contribution >= 4 is 17.5 Å². The van der Waals surface area contributed by atoms with Gasteiger partial charge in [0.1, 0.15) is 5.92 Å². The molecule has 0 bridgehead atoms. The number of hydrogen-bond donors (Lipinski definition) is 1. The summed E-state index contributed by atoms with van der Waals surface area (Å²) >= 11 is 0. The predicted molar refractivity (Wildman–Crippen MR) is 91.2 cm³/mol. The molecule has 1 aliphatic heterocycles. The van der Waals surface area contributed by atoms with Crippen LogP contribution >= 0.6 is 0 Å². The normalized spacial score (nSPS) is 23.4. The number of para-hydroxylation sites is 1. The number of nitrogens with one attached hydrogen (secondary N) is 1. The molecule has 2 fully saturated rings. The molecular weight excluding hydrogens is 288 g/mol. The van der Waals surface area contributed by atoms with Crippen LogP contribution in [0.2, 0.25) is 0 Å². The molecule has 2 aliphatic rings. The van der Waals surface area contributed by atoms with E-state index in [-0.39, 0.29) is 17.9 Å². The third-order valence-corrected chi connectivity index (χ3v) is 5.04. The molecule has 1 saturated heterocycles. The number of amides is 2. The van der Waals surface area contributed by atoms with E-state index in [0.717, 1.165) is 18.5 Å². The first-order valence-electron chi connectivity index (χ1n) is 8.92. The number of anilines is 1. The van der Waals surface area contributed by atoms with Gasteiger partial charge in [0.15, 0.2) is 0 Å². The third kappa shape index (κ3) is 3.92. The fraction of sp³-hybridized carbons (Fsp3) is 0.579. The average Bonchev–Trinajstić information content (AvgIpc) is 2.92. The van der Waals surface area contributed by atoms with Crippen molar-refractivity contribution in [1.82, 2.24) is 5.32 Å². The summed E-state index contributed by atoms with van der Waals surface area (Å²) in [6.45, 7) is 0.631. The minimum atomic E-state index is -0.513. The smallest absolute Gasteiger partial charge is 0.239 e. The highest BCUT2D eigenvalue weighted by Gasteiger charge is 2.38. The highest BCUT2D eigenvalue weighted by atomic mass is 16.2. The second kappa shape index (κ2) is 7.62. The molecule has 1 heterocycles. The summed E-state index contributed by atoms with van der Waals surface area (Å²) in [5.74, 6) is -0.640. The standard InChI is InChI=1S/C19H26N2O2/c22-18(20-15-9-5-2-1-3-6-10-15)17-13-14-21(19(17)23)16-11-7-4-8-12-16/h4,7-8,11-12,15,17H,1-3,5-6,9-10,13-14H2,(H,20,22). The molecule has 1 aliphatic carbocycles. The van der Waals surface area contributed by atoms with Crippen LogP contribution in [0.4, 0.5) is 5.69 Å². The summed E-state index contributed by atoms with van der Waals surface area (Å²) in [5.41, 5.74) is 0.888. The highest BCUT2D eigenvalue weighted by molar-refractivity contribution is 6.09. The average molecular weight is 314 g/mol. The van der Waals surface area contributed by atoms with E-state index in [4.69, 9.17) is 0 Å². The number of carbonyl (C=O) groups excluding carboxylic acids is 2. The Morgan fingerprint density at radius 1 is 0.957 bits per heavy atom. The van der Waals surface area contributed by atoms with Crippen molar-refractivity contribution in [3.8, 4) is 0 Å². The Balaban J connectivity index is 1.58. The van der Waals surface area contributed by atoms with E-state index in [1.54, 1.807) is 4.90 Å². The summed E-state index contributed by atoms with van der Waals surface area (Å²) in [6.07, 6.45) is 8.91. The van der Waals surface area contributed by atoms with E-state index in [9.17, 15) is 9.59 Å². The fourth-order valence-electron chi connectivity index (χ4n) is 3.69. The van der Waals surface area contributed by atoms with Gasteiger partial charge in [0.25, 0.3) is 0 Å². The number of rotatable bonds is 3. The topological polar surface area (TPSA) is 49.4 Å². The van der Waals surface area contributed by atoms with Gasteiger partial charge in [0, 0.05) is 18.3 Å². The van der Waals surface area contributed by atoms with Gasteiger partial charge in [-0.25, -0.2) is 0 Å². The second-order valence-electron chi connectivity index (χ2n) is 6.72. The lowest BCUT2D eigenvalue weighted by atomic mass is 9.96. The molecule has 1 unspecified atom stereocenters. The fourth-order valence-corrected chi connectivity index (χ4v) is 3.69. The SMILES string of the molecule is O=C(NC1CCCCCCC1)C1CCN(c2ccccc2)C1=O. The molecule has 0 aromatic heterocycles. The Bertz CT molecular complexity index is 536. The molecule has 0 radical (unpaired) electrons. The van der Waals surface area contributed by atoms with Gasteiger partial charge < -0.3 is 10.2 Å². The molecule has 4 heteroatoms. The maximum atomic E-state index is 12.6. The van der Waals surface area contributed by atoms with Crippen molar-refractivity contribution < 1.29 is 9.59 Å². The summed E-state index contributed by atoms with van der Waals surface area (Å²) in [7, 11) is 0. The highest BCUT2D eigenvalue weighted by Crippen LogP contribution is 2.26. The van der Waals surface area contributed by atoms with E-state index in [2.05, 4.69) is 5.32 Å². The molecular formula is C19H26N2O2. The van der Waals surface area contributed by atoms with Gasteiger partial charge in [-0.3, -0.25) is 9.59 Å². The van der Waals surface area contributed by atoms with Crippen LogP contribution in [0.15, 0.2) is 30.3 Å². The van der Waals surface area contributed by atoms with Crippen LogP contribution in [0, 0.1) is 5.92 Å². The first-order chi connectivity index (χ1) is 11.3. The monoisotopic (exact) mass is 314 g/mol. The van der Waals surface area contributed by atoms with E-state index < -0.39 is 5.92 Å². The van der Waals surface area contributed by atoms with Gasteiger partial charge in [-0.2, -0.15) is 0 Å². The Labute approximate surface area is 138 Å². The molecule has 1 aromatic rings. The zero-order chi connectivity index (χ0) is 16.1. The first-order valence-corrected chi connectivity index (χ1v) is 8.92. The lowest BCUT2D eigenvalue weighted by molar-refractivity contribution is -0.132. The molecule has 0 spiro atoms. The Hall–Kier alpha value is -1.84. The van der Waals surface area contributed by atoms with Crippen LogP contribution in [-0.2, 0) is 9.59 Å². The molecule has 124 valence electrons. The second-order valence-corrected chi connectivity index (χ2v) is 6.72. The summed E-state index contributed by atoms with van der Waals surface area (Å²) < 4.78 is 0. The Kier molecular flexibility index (Phi) is 5.31. The molecule has 4 nitrogen and oxygen atoms in total. The molecule has 1 atom stereocenters. The molecule has 1 saturated carbocycles. The predicted octanol–water partition coefficient (Wildman–Crippen LogP) is 3.27. The van der Waals surface area contributed by atoms with Gasteiger partial charge >= 0.3 is 0 Å². The van der Waals surface area contributed by atoms with Crippen molar-refractivity contribution in [3.63, 3.8) is 0 Å². The molecule has 2 amide bonds. The van der Waals surface area contributed by atoms with Crippen molar-refractivity contribution in [1.29, 1.82) is 0 Å². The number of carbonyl (C=O) groups is 2. The minimum Gasteiger partial charge on any atom is -0.353 e. The minimum absolute atomic E-state index is 0.0560. The van der Waals surface area contributed by atoms with Crippen molar-refractivity contribution in [2.75, 3.05) is 11.4 Å². The van der Waals surface area contributed by atoms with Gasteiger partial charge in [0.2, 0.25) is 11.8 Å². The van der Waals surface area contributed by atoms with Crippen LogP contribution in [0.3, 0.4) is 0 Å². The summed E-state index contributed by atoms with van der Waals surface area (Å²) in [4.78, 5) is 26.9. The molecule has 3 rings (SSSR count). The van der Waals surface area contributed by atoms with Crippen molar-refractivity contribution in [2.45, 2.75) is 57.4 Å². The molecule has 1 aromatic carbocycles. The van der Waals surface area contributed by atoms with Crippen LogP contribution in [0.5, 0.6) is 0 Å². The maximum Gasteiger partial charge on any atom is 0.239 e. The van der Waals surface area contributed by atoms with Crippen LogP contribution in [-0.4, -0.2) is 24.4 Å². The van der Waals surface area contributed by atoms with E-state index >= 15 is 0 Å². The van der Waals surface area contributed by atoms with Gasteiger partial charge in [-0.15, -0.1) is 0 Å². The van der Waals surface area contributed by atoms with Gasteiger partial charge in [-0.1, -0.05) is 50.3 Å². The van der Waals surface area contributed by atoms with Crippen LogP contribution in [0.1, 0.15) is 51.4 Å². The zero-order valence-corrected chi connectivity index (χ0v) is 13.7. The lowest BCUT2D eigenvalue weighted by Gasteiger charge is -2.22. The van der Waals surface area contributed by atoms with E-state index in [1.165, 1.54) is 32.1 Å². The first kappa shape index (κ1) is 16.0. The summed E-state index contributed by atoms with van der Waals surface area (Å²) in [5, 5.41) is 3.14. The van der Waals surface area contributed by atoms with Gasteiger partial charge in [0.05, 0.1) is 0 Å². The number of benzene rings is 1. The number of nitrogens with zero attached hydrogens (tertiary/aromatic N) is 1. The van der Waals surface area contributed by atoms with Gasteiger partial charge in [-0.05, 0) is 31.4 Å². The zero-order valence-electron chi connectivity index (χ0n) is 13.7. The van der Waals surface area contributed by atoms with Crippen LogP contribution in [0.25, 0.3) is 0 Å². The maximum absolute atomic E-state index is 12.6. The number of hydrogen-bond acceptors (Lipinski definition) is 2. The quantitative estimate of drug-likeness (QED) is 0.871. The van der Waals surface area contributed by atoms with Crippen LogP contribution < -0.4 is 10.2 Å². The third-order valence-electron chi connectivity index (χ3n) is 5.04. The lowest BCUT2D eigenvalue weighted by Crippen LogP contribution is -2.42. The Morgan fingerprint density at radius 3 is 2.30 bits per heavy atom. The Morgan fingerprint density at radius 2 is 1.61 bits per heavy atom. The largest absolute Gasteiger partial charge is 0.353 e. The molecule has 23 heavy (non-hydrogen) atoms.